The molecule has 0 aliphatic heterocycles. The molecule has 5 nitrogen and oxygen atoms in total. The molecule has 138 valence electrons. The maximum Gasteiger partial charge on any atom is 0.279 e. The number of likely N-dealkylation sites (N-methyl/N-ethyl adjacent to an activating group) is 1. The van der Waals surface area contributed by atoms with E-state index in [9.17, 15) is 9.59 Å². The number of carbonyl (C=O) groups excluding carboxylic acids is 2. The Bertz CT molecular complexity index is 748. The van der Waals surface area contributed by atoms with E-state index in [4.69, 9.17) is 23.2 Å². The highest BCUT2D eigenvalue weighted by Crippen LogP contribution is 2.29. The Morgan fingerprint density at radius 3 is 2.15 bits per heavy atom. The Morgan fingerprint density at radius 2 is 1.54 bits per heavy atom. The van der Waals surface area contributed by atoms with Crippen LogP contribution in [-0.2, 0) is 9.59 Å². The predicted octanol–water partition coefficient (Wildman–Crippen LogP) is 2.32. The highest BCUT2D eigenvalue weighted by atomic mass is 35.5. The quantitative estimate of drug-likeness (QED) is 0.674. The van der Waals surface area contributed by atoms with Crippen molar-refractivity contribution in [3.63, 3.8) is 0 Å². The van der Waals surface area contributed by atoms with Crippen molar-refractivity contribution in [1.29, 1.82) is 0 Å². The van der Waals surface area contributed by atoms with E-state index < -0.39 is 0 Å². The van der Waals surface area contributed by atoms with Gasteiger partial charge in [-0.25, -0.2) is 0 Å². The van der Waals surface area contributed by atoms with Crippen molar-refractivity contribution in [2.45, 2.75) is 13.0 Å². The van der Waals surface area contributed by atoms with Gasteiger partial charge in [0.2, 0.25) is 0 Å². The van der Waals surface area contributed by atoms with Gasteiger partial charge < -0.3 is 15.5 Å². The van der Waals surface area contributed by atoms with Crippen molar-refractivity contribution in [3.8, 4) is 0 Å². The highest BCUT2D eigenvalue weighted by molar-refractivity contribution is 6.39. The topological polar surface area (TPSA) is 62.6 Å². The summed E-state index contributed by atoms with van der Waals surface area (Å²) in [7, 11) is 1.78. The lowest BCUT2D eigenvalue weighted by Gasteiger charge is -2.17. The first-order valence-corrected chi connectivity index (χ1v) is 9.02. The van der Waals surface area contributed by atoms with Gasteiger partial charge in [-0.05, 0) is 24.6 Å². The fourth-order valence-corrected chi connectivity index (χ4v) is 3.02. The van der Waals surface area contributed by atoms with Gasteiger partial charge in [0.1, 0.15) is 0 Å². The molecule has 0 bridgehead atoms. The molecule has 0 saturated heterocycles. The molecule has 0 aliphatic carbocycles. The van der Waals surface area contributed by atoms with Crippen LogP contribution in [0.15, 0.2) is 48.5 Å². The first-order chi connectivity index (χ1) is 12.4. The Morgan fingerprint density at radius 1 is 0.962 bits per heavy atom. The van der Waals surface area contributed by atoms with Crippen LogP contribution in [-0.4, -0.2) is 32.0 Å². The largest absolute Gasteiger partial charge is 0.345 e. The normalized spacial score (nSPS) is 12.9. The number of nitrogens with one attached hydrogen (secondary N) is 3. The molecule has 2 amide bonds. The Balaban J connectivity index is 1.83. The van der Waals surface area contributed by atoms with Crippen molar-refractivity contribution in [3.05, 3.63) is 64.1 Å². The number of amides is 2. The van der Waals surface area contributed by atoms with Crippen molar-refractivity contribution in [2.24, 2.45) is 0 Å². The molecule has 2 atom stereocenters. The van der Waals surface area contributed by atoms with Gasteiger partial charge in [-0.1, -0.05) is 59.6 Å². The Kier molecular flexibility index (Phi) is 7.45. The van der Waals surface area contributed by atoms with E-state index in [1.54, 1.807) is 25.2 Å². The number of carbonyl (C=O) groups is 2. The van der Waals surface area contributed by atoms with Gasteiger partial charge in [-0.3, -0.25) is 9.59 Å². The Hall–Kier alpha value is -2.08. The van der Waals surface area contributed by atoms with Gasteiger partial charge in [0, 0.05) is 0 Å². The van der Waals surface area contributed by atoms with Crippen molar-refractivity contribution < 1.29 is 14.5 Å². The van der Waals surface area contributed by atoms with Gasteiger partial charge in [0.15, 0.2) is 13.1 Å². The summed E-state index contributed by atoms with van der Waals surface area (Å²) >= 11 is 12.1. The third kappa shape index (κ3) is 6.02. The van der Waals surface area contributed by atoms with E-state index in [1.807, 2.05) is 37.3 Å². The first-order valence-electron chi connectivity index (χ1n) is 8.26. The fraction of sp³-hybridized carbons (Fsp3) is 0.263. The third-order valence-electron chi connectivity index (χ3n) is 3.83. The predicted molar refractivity (Wildman–Crippen MR) is 105 cm³/mol. The molecule has 2 rings (SSSR count). The zero-order chi connectivity index (χ0) is 19.1. The summed E-state index contributed by atoms with van der Waals surface area (Å²) in [4.78, 5) is 25.1. The second-order valence-corrected chi connectivity index (χ2v) is 6.97. The molecule has 0 aromatic heterocycles. The molecule has 0 fully saturated rings. The molecule has 2 aromatic rings. The summed E-state index contributed by atoms with van der Waals surface area (Å²) < 4.78 is 0. The maximum atomic E-state index is 12.2. The van der Waals surface area contributed by atoms with E-state index >= 15 is 0 Å². The minimum atomic E-state index is -0.263. The highest BCUT2D eigenvalue weighted by Gasteiger charge is 2.17. The monoisotopic (exact) mass is 394 g/mol. The number of hydrogen-bond acceptors (Lipinski definition) is 2. The number of rotatable bonds is 7. The van der Waals surface area contributed by atoms with Crippen LogP contribution in [0.1, 0.15) is 18.5 Å². The first kappa shape index (κ1) is 20.2. The molecule has 7 heteroatoms. The van der Waals surface area contributed by atoms with Crippen molar-refractivity contribution in [1.82, 2.24) is 5.32 Å². The lowest BCUT2D eigenvalue weighted by Crippen LogP contribution is -3.11. The Labute approximate surface area is 163 Å². The molecular formula is C19H22Cl2N3O2+. The van der Waals surface area contributed by atoms with Gasteiger partial charge in [0.05, 0.1) is 28.8 Å². The lowest BCUT2D eigenvalue weighted by atomic mass is 10.1. The van der Waals surface area contributed by atoms with Crippen molar-refractivity contribution in [2.75, 3.05) is 25.5 Å². The van der Waals surface area contributed by atoms with Crippen LogP contribution in [0.2, 0.25) is 10.0 Å². The van der Waals surface area contributed by atoms with Gasteiger partial charge >= 0.3 is 0 Å². The minimum Gasteiger partial charge on any atom is -0.345 e. The summed E-state index contributed by atoms with van der Waals surface area (Å²) in [6.07, 6.45) is 0. The molecule has 0 saturated carbocycles. The van der Waals surface area contributed by atoms with E-state index in [0.717, 1.165) is 10.5 Å². The molecule has 2 aromatic carbocycles. The van der Waals surface area contributed by atoms with Crippen LogP contribution in [0, 0.1) is 0 Å². The molecular weight excluding hydrogens is 373 g/mol. The lowest BCUT2D eigenvalue weighted by molar-refractivity contribution is -0.862. The zero-order valence-electron chi connectivity index (χ0n) is 14.7. The van der Waals surface area contributed by atoms with Crippen LogP contribution in [0.25, 0.3) is 0 Å². The van der Waals surface area contributed by atoms with Gasteiger partial charge in [-0.15, -0.1) is 0 Å². The van der Waals surface area contributed by atoms with Crippen LogP contribution >= 0.6 is 23.2 Å². The second kappa shape index (κ2) is 9.57. The summed E-state index contributed by atoms with van der Waals surface area (Å²) in [5.41, 5.74) is 1.42. The standard InChI is InChI=1S/C19H21Cl2N3O2/c1-13(14-7-4-3-5-8-14)22-17(25)11-24(2)12-18(26)23-19-15(20)9-6-10-16(19)21/h3-10,13H,11-12H2,1-2H3,(H,22,25)(H,23,26)/p+1/t13-/m1/s1. The average Bonchev–Trinajstić information content (AvgIpc) is 2.58. The van der Waals surface area contributed by atoms with Crippen LogP contribution in [0.4, 0.5) is 5.69 Å². The van der Waals surface area contributed by atoms with Gasteiger partial charge in [-0.2, -0.15) is 0 Å². The second-order valence-electron chi connectivity index (χ2n) is 6.16. The average molecular weight is 395 g/mol. The number of hydrogen-bond donors (Lipinski definition) is 3. The zero-order valence-corrected chi connectivity index (χ0v) is 16.2. The minimum absolute atomic E-state index is 0.0905. The van der Waals surface area contributed by atoms with Crippen LogP contribution in [0.5, 0.6) is 0 Å². The number of quaternary nitrogens is 1. The number of benzene rings is 2. The van der Waals surface area contributed by atoms with Crippen molar-refractivity contribution >= 4 is 40.7 Å². The fourth-order valence-electron chi connectivity index (χ4n) is 2.53. The van der Waals surface area contributed by atoms with E-state index in [-0.39, 0.29) is 30.9 Å². The maximum absolute atomic E-state index is 12.2. The SMILES string of the molecule is C[C@@H](NC(=O)C[NH+](C)CC(=O)Nc1c(Cl)cccc1Cl)c1ccccc1. The molecule has 0 radical (unpaired) electrons. The molecule has 0 heterocycles. The molecule has 26 heavy (non-hydrogen) atoms. The summed E-state index contributed by atoms with van der Waals surface area (Å²) in [6.45, 7) is 2.23. The smallest absolute Gasteiger partial charge is 0.279 e. The summed E-state index contributed by atoms with van der Waals surface area (Å²) in [5.74, 6) is -0.385. The van der Waals surface area contributed by atoms with E-state index in [1.165, 1.54) is 0 Å². The number of halogens is 2. The van der Waals surface area contributed by atoms with E-state index in [0.29, 0.717) is 15.7 Å². The van der Waals surface area contributed by atoms with Crippen LogP contribution in [0.3, 0.4) is 0 Å². The van der Waals surface area contributed by atoms with E-state index in [2.05, 4.69) is 10.6 Å². The van der Waals surface area contributed by atoms with Gasteiger partial charge in [0.25, 0.3) is 11.8 Å². The van der Waals surface area contributed by atoms with Crippen LogP contribution < -0.4 is 15.5 Å². The number of para-hydroxylation sites is 1. The molecule has 1 unspecified atom stereocenters. The molecule has 3 N–H and O–H groups in total. The number of anilines is 1. The molecule has 0 aliphatic rings. The summed E-state index contributed by atoms with van der Waals surface area (Å²) in [5, 5.41) is 6.37. The third-order valence-corrected chi connectivity index (χ3v) is 4.46. The summed E-state index contributed by atoms with van der Waals surface area (Å²) in [6, 6.07) is 14.6. The molecule has 0 spiro atoms.